The molecule has 0 atom stereocenters. The number of anilines is 1. The minimum Gasteiger partial charge on any atom is -0.381 e. The Morgan fingerprint density at radius 3 is 2.89 bits per heavy atom. The third-order valence-electron chi connectivity index (χ3n) is 2.72. The number of rotatable bonds is 3. The van der Waals surface area contributed by atoms with Gasteiger partial charge in [0, 0.05) is 18.1 Å². The first kappa shape index (κ1) is 13.4. The van der Waals surface area contributed by atoms with Crippen molar-refractivity contribution in [3.63, 3.8) is 0 Å². The van der Waals surface area contributed by atoms with Gasteiger partial charge in [-0.25, -0.2) is 14.4 Å². The van der Waals surface area contributed by atoms with Crippen molar-refractivity contribution in [1.82, 2.24) is 14.9 Å². The van der Waals surface area contributed by atoms with Crippen LogP contribution in [-0.4, -0.2) is 27.8 Å². The van der Waals surface area contributed by atoms with Crippen LogP contribution in [0.4, 0.5) is 10.2 Å². The maximum atomic E-state index is 13.7. The topological polar surface area (TPSA) is 72.1 Å². The van der Waals surface area contributed by atoms with Crippen LogP contribution in [0.1, 0.15) is 20.9 Å². The summed E-state index contributed by atoms with van der Waals surface area (Å²) < 4.78 is 13.7. The quantitative estimate of drug-likeness (QED) is 0.931. The van der Waals surface area contributed by atoms with Crippen molar-refractivity contribution in [2.75, 3.05) is 12.8 Å². The van der Waals surface area contributed by atoms with Crippen molar-refractivity contribution in [2.45, 2.75) is 13.5 Å². The molecule has 0 saturated heterocycles. The van der Waals surface area contributed by atoms with Gasteiger partial charge in [0.25, 0.3) is 5.91 Å². The minimum absolute atomic E-state index is 0.0721. The summed E-state index contributed by atoms with van der Waals surface area (Å²) in [7, 11) is 1.61. The first-order valence-corrected chi connectivity index (χ1v) is 6.43. The van der Waals surface area contributed by atoms with Crippen LogP contribution in [0.5, 0.6) is 0 Å². The number of hydrogen-bond acceptors (Lipinski definition) is 5. The van der Waals surface area contributed by atoms with Crippen LogP contribution in [0.25, 0.3) is 0 Å². The van der Waals surface area contributed by atoms with Crippen molar-refractivity contribution >= 4 is 23.1 Å². The molecule has 2 rings (SSSR count). The molecule has 0 saturated carbocycles. The second-order valence-electron chi connectivity index (χ2n) is 4.08. The predicted molar refractivity (Wildman–Crippen MR) is 71.3 cm³/mol. The molecule has 100 valence electrons. The summed E-state index contributed by atoms with van der Waals surface area (Å²) in [6.45, 7) is 2.26. The highest BCUT2D eigenvalue weighted by atomic mass is 32.1. The number of nitrogen functional groups attached to an aromatic ring is 1. The number of carbonyl (C=O) groups excluding carboxylic acids is 1. The Morgan fingerprint density at radius 2 is 2.26 bits per heavy atom. The Morgan fingerprint density at radius 1 is 1.53 bits per heavy atom. The standard InChI is InChI=1S/C12H13FN4OS/c1-7-9(19-6-16-7)5-17(2)12(18)8-3-4-15-11(14)10(8)13/h3-4,6H,5H2,1-2H3,(H2,14,15). The highest BCUT2D eigenvalue weighted by Crippen LogP contribution is 2.18. The molecule has 2 N–H and O–H groups in total. The number of halogens is 1. The number of aryl methyl sites for hydroxylation is 1. The van der Waals surface area contributed by atoms with Crippen LogP contribution < -0.4 is 5.73 Å². The number of nitrogens with two attached hydrogens (primary N) is 1. The van der Waals surface area contributed by atoms with E-state index in [1.807, 2.05) is 6.92 Å². The van der Waals surface area contributed by atoms with E-state index in [4.69, 9.17) is 5.73 Å². The average Bonchev–Trinajstić information content (AvgIpc) is 2.77. The maximum absolute atomic E-state index is 13.7. The highest BCUT2D eigenvalue weighted by Gasteiger charge is 2.19. The van der Waals surface area contributed by atoms with Crippen molar-refractivity contribution < 1.29 is 9.18 Å². The van der Waals surface area contributed by atoms with E-state index >= 15 is 0 Å². The predicted octanol–water partition coefficient (Wildman–Crippen LogP) is 1.84. The van der Waals surface area contributed by atoms with E-state index < -0.39 is 11.7 Å². The molecule has 0 aromatic carbocycles. The van der Waals surface area contributed by atoms with Crippen LogP contribution in [0.3, 0.4) is 0 Å². The van der Waals surface area contributed by atoms with Gasteiger partial charge in [0.1, 0.15) is 0 Å². The molecule has 1 amide bonds. The van der Waals surface area contributed by atoms with Gasteiger partial charge in [-0.05, 0) is 13.0 Å². The molecule has 0 spiro atoms. The zero-order valence-corrected chi connectivity index (χ0v) is 11.4. The zero-order chi connectivity index (χ0) is 14.0. The number of hydrogen-bond donors (Lipinski definition) is 1. The van der Waals surface area contributed by atoms with Gasteiger partial charge in [0.05, 0.1) is 23.3 Å². The monoisotopic (exact) mass is 280 g/mol. The fourth-order valence-electron chi connectivity index (χ4n) is 1.60. The third-order valence-corrected chi connectivity index (χ3v) is 3.64. The summed E-state index contributed by atoms with van der Waals surface area (Å²) in [6, 6.07) is 1.32. The summed E-state index contributed by atoms with van der Waals surface area (Å²) in [4.78, 5) is 22.2. The second-order valence-corrected chi connectivity index (χ2v) is 5.02. The molecule has 0 aliphatic carbocycles. The van der Waals surface area contributed by atoms with Crippen LogP contribution in [0, 0.1) is 12.7 Å². The highest BCUT2D eigenvalue weighted by molar-refractivity contribution is 7.09. The van der Waals surface area contributed by atoms with Crippen LogP contribution >= 0.6 is 11.3 Å². The molecule has 0 aliphatic heterocycles. The number of amides is 1. The van der Waals surface area contributed by atoms with Gasteiger partial charge in [0.2, 0.25) is 0 Å². The average molecular weight is 280 g/mol. The van der Waals surface area contributed by atoms with Crippen LogP contribution in [0.15, 0.2) is 17.8 Å². The lowest BCUT2D eigenvalue weighted by molar-refractivity contribution is 0.0781. The fourth-order valence-corrected chi connectivity index (χ4v) is 2.43. The van der Waals surface area contributed by atoms with Crippen LogP contribution in [0.2, 0.25) is 0 Å². The maximum Gasteiger partial charge on any atom is 0.257 e. The minimum atomic E-state index is -0.777. The molecule has 2 aromatic rings. The molecule has 0 radical (unpaired) electrons. The van der Waals surface area contributed by atoms with Gasteiger partial charge in [0.15, 0.2) is 11.6 Å². The summed E-state index contributed by atoms with van der Waals surface area (Å²) in [5, 5.41) is 0. The lowest BCUT2D eigenvalue weighted by Gasteiger charge is -2.17. The Bertz CT molecular complexity index is 614. The van der Waals surface area contributed by atoms with Crippen molar-refractivity contribution in [1.29, 1.82) is 0 Å². The lowest BCUT2D eigenvalue weighted by atomic mass is 10.2. The SMILES string of the molecule is Cc1ncsc1CN(C)C(=O)c1ccnc(N)c1F. The van der Waals surface area contributed by atoms with E-state index in [0.717, 1.165) is 10.6 Å². The van der Waals surface area contributed by atoms with Gasteiger partial charge in [-0.1, -0.05) is 0 Å². The number of nitrogens with zero attached hydrogens (tertiary/aromatic N) is 3. The van der Waals surface area contributed by atoms with E-state index in [9.17, 15) is 9.18 Å². The Labute approximate surface area is 113 Å². The number of pyridine rings is 1. The Hall–Kier alpha value is -2.02. The van der Waals surface area contributed by atoms with E-state index in [1.54, 1.807) is 12.6 Å². The third kappa shape index (κ3) is 2.70. The molecule has 0 aliphatic rings. The summed E-state index contributed by atoms with van der Waals surface area (Å²) in [5.74, 6) is -1.48. The summed E-state index contributed by atoms with van der Waals surface area (Å²) in [5.41, 5.74) is 7.87. The molecular weight excluding hydrogens is 267 g/mol. The molecule has 19 heavy (non-hydrogen) atoms. The molecule has 0 fully saturated rings. The van der Waals surface area contributed by atoms with Gasteiger partial charge in [-0.3, -0.25) is 4.79 Å². The number of aromatic nitrogens is 2. The van der Waals surface area contributed by atoms with Gasteiger partial charge < -0.3 is 10.6 Å². The molecule has 7 heteroatoms. The van der Waals surface area contributed by atoms with E-state index in [-0.39, 0.29) is 11.4 Å². The van der Waals surface area contributed by atoms with Gasteiger partial charge in [-0.15, -0.1) is 11.3 Å². The normalized spacial score (nSPS) is 10.5. The molecule has 0 unspecified atom stereocenters. The first-order chi connectivity index (χ1) is 9.00. The summed E-state index contributed by atoms with van der Waals surface area (Å²) >= 11 is 1.46. The second kappa shape index (κ2) is 5.31. The first-order valence-electron chi connectivity index (χ1n) is 5.55. The summed E-state index contributed by atoms with van der Waals surface area (Å²) in [6.07, 6.45) is 1.32. The van der Waals surface area contributed by atoms with Crippen molar-refractivity contribution in [2.24, 2.45) is 0 Å². The molecule has 2 aromatic heterocycles. The number of carbonyl (C=O) groups is 1. The van der Waals surface area contributed by atoms with Crippen molar-refractivity contribution in [3.05, 3.63) is 39.7 Å². The smallest absolute Gasteiger partial charge is 0.257 e. The van der Waals surface area contributed by atoms with E-state index in [0.29, 0.717) is 6.54 Å². The molecular formula is C12H13FN4OS. The Kier molecular flexibility index (Phi) is 3.75. The van der Waals surface area contributed by atoms with Gasteiger partial charge >= 0.3 is 0 Å². The van der Waals surface area contributed by atoms with Crippen molar-refractivity contribution in [3.8, 4) is 0 Å². The fraction of sp³-hybridized carbons (Fsp3) is 0.250. The van der Waals surface area contributed by atoms with Gasteiger partial charge in [-0.2, -0.15) is 0 Å². The lowest BCUT2D eigenvalue weighted by Crippen LogP contribution is -2.27. The van der Waals surface area contributed by atoms with E-state index in [2.05, 4.69) is 9.97 Å². The van der Waals surface area contributed by atoms with E-state index in [1.165, 1.54) is 28.5 Å². The number of thiazole rings is 1. The molecule has 0 bridgehead atoms. The molecule has 5 nitrogen and oxygen atoms in total. The largest absolute Gasteiger partial charge is 0.381 e. The molecule has 2 heterocycles. The Balaban J connectivity index is 2.20. The van der Waals surface area contributed by atoms with Crippen LogP contribution in [-0.2, 0) is 6.54 Å². The zero-order valence-electron chi connectivity index (χ0n) is 10.6.